The van der Waals surface area contributed by atoms with Crippen LogP contribution in [0.2, 0.25) is 0 Å². The summed E-state index contributed by atoms with van der Waals surface area (Å²) in [6, 6.07) is -0.604. The zero-order valence-corrected chi connectivity index (χ0v) is 15.3. The zero-order valence-electron chi connectivity index (χ0n) is 15.3. The lowest BCUT2D eigenvalue weighted by molar-refractivity contribution is -0.154. The SMILES string of the molecule is CCCCN(C(=O)CC1CCCCC1)C(C(=O)O)C1CCCCC1. The van der Waals surface area contributed by atoms with Crippen molar-refractivity contribution in [3.05, 3.63) is 0 Å². The summed E-state index contributed by atoms with van der Waals surface area (Å²) in [6.07, 6.45) is 13.8. The van der Waals surface area contributed by atoms with E-state index in [-0.39, 0.29) is 11.8 Å². The van der Waals surface area contributed by atoms with Crippen molar-refractivity contribution < 1.29 is 14.7 Å². The quantitative estimate of drug-likeness (QED) is 0.703. The van der Waals surface area contributed by atoms with Crippen LogP contribution in [0.5, 0.6) is 0 Å². The highest BCUT2D eigenvalue weighted by Crippen LogP contribution is 2.32. The van der Waals surface area contributed by atoms with Gasteiger partial charge in [0.05, 0.1) is 0 Å². The standard InChI is InChI=1S/C20H35NO3/c1-2-3-14-21(18(22)15-16-10-6-4-7-11-16)19(20(23)24)17-12-8-5-9-13-17/h16-17,19H,2-15H2,1H3,(H,23,24). The van der Waals surface area contributed by atoms with Gasteiger partial charge in [0.2, 0.25) is 5.91 Å². The summed E-state index contributed by atoms with van der Waals surface area (Å²) in [5.74, 6) is -0.0945. The first-order valence-corrected chi connectivity index (χ1v) is 10.2. The normalized spacial score (nSPS) is 21.4. The molecule has 0 spiro atoms. The van der Waals surface area contributed by atoms with Crippen molar-refractivity contribution in [1.82, 2.24) is 4.90 Å². The number of rotatable bonds is 8. The van der Waals surface area contributed by atoms with E-state index in [2.05, 4.69) is 6.92 Å². The van der Waals surface area contributed by atoms with E-state index in [1.54, 1.807) is 4.90 Å². The Hall–Kier alpha value is -1.06. The van der Waals surface area contributed by atoms with Crippen LogP contribution in [-0.2, 0) is 9.59 Å². The molecule has 0 radical (unpaired) electrons. The highest BCUT2D eigenvalue weighted by atomic mass is 16.4. The summed E-state index contributed by atoms with van der Waals surface area (Å²) < 4.78 is 0. The number of carboxylic acids is 1. The second-order valence-electron chi connectivity index (χ2n) is 7.83. The molecular formula is C20H35NO3. The summed E-state index contributed by atoms with van der Waals surface area (Å²) in [5, 5.41) is 9.86. The van der Waals surface area contributed by atoms with Gasteiger partial charge in [-0.05, 0) is 43.9 Å². The third-order valence-electron chi connectivity index (χ3n) is 5.95. The molecule has 4 heteroatoms. The van der Waals surface area contributed by atoms with Gasteiger partial charge in [0.1, 0.15) is 6.04 Å². The second kappa shape index (κ2) is 10.0. The maximum atomic E-state index is 13.0. The molecule has 1 amide bonds. The van der Waals surface area contributed by atoms with Crippen molar-refractivity contribution in [2.45, 2.75) is 96.4 Å². The Kier molecular flexibility index (Phi) is 8.07. The minimum Gasteiger partial charge on any atom is -0.480 e. The van der Waals surface area contributed by atoms with Crippen LogP contribution in [0.15, 0.2) is 0 Å². The average molecular weight is 338 g/mol. The van der Waals surface area contributed by atoms with Crippen molar-refractivity contribution in [2.75, 3.05) is 6.54 Å². The number of aliphatic carboxylic acids is 1. The Morgan fingerprint density at radius 3 is 2.12 bits per heavy atom. The Morgan fingerprint density at radius 1 is 1.00 bits per heavy atom. The molecule has 1 unspecified atom stereocenters. The van der Waals surface area contributed by atoms with E-state index in [9.17, 15) is 14.7 Å². The molecule has 2 aliphatic rings. The van der Waals surface area contributed by atoms with Gasteiger partial charge in [0, 0.05) is 13.0 Å². The van der Waals surface area contributed by atoms with Gasteiger partial charge in [0.15, 0.2) is 0 Å². The molecule has 0 heterocycles. The molecule has 0 aliphatic heterocycles. The van der Waals surface area contributed by atoms with E-state index in [4.69, 9.17) is 0 Å². The van der Waals surface area contributed by atoms with Crippen LogP contribution < -0.4 is 0 Å². The molecule has 0 saturated heterocycles. The van der Waals surface area contributed by atoms with Gasteiger partial charge in [0.25, 0.3) is 0 Å². The first-order chi connectivity index (χ1) is 11.6. The van der Waals surface area contributed by atoms with Gasteiger partial charge in [-0.2, -0.15) is 0 Å². The van der Waals surface area contributed by atoms with Crippen LogP contribution in [0.4, 0.5) is 0 Å². The summed E-state index contributed by atoms with van der Waals surface area (Å²) in [6.45, 7) is 2.70. The fourth-order valence-corrected chi connectivity index (χ4v) is 4.54. The van der Waals surface area contributed by atoms with Crippen LogP contribution in [0.1, 0.15) is 90.4 Å². The molecule has 138 valence electrons. The first kappa shape index (κ1) is 19.3. The minimum atomic E-state index is -0.796. The van der Waals surface area contributed by atoms with Gasteiger partial charge < -0.3 is 10.0 Å². The highest BCUT2D eigenvalue weighted by molar-refractivity contribution is 5.84. The van der Waals surface area contributed by atoms with Crippen LogP contribution in [0, 0.1) is 11.8 Å². The number of amides is 1. The fourth-order valence-electron chi connectivity index (χ4n) is 4.54. The molecule has 24 heavy (non-hydrogen) atoms. The average Bonchev–Trinajstić information content (AvgIpc) is 2.59. The molecular weight excluding hydrogens is 302 g/mol. The van der Waals surface area contributed by atoms with Crippen LogP contribution in [0.3, 0.4) is 0 Å². The van der Waals surface area contributed by atoms with Crippen molar-refractivity contribution in [3.63, 3.8) is 0 Å². The van der Waals surface area contributed by atoms with E-state index in [0.29, 0.717) is 18.9 Å². The number of unbranched alkanes of at least 4 members (excludes halogenated alkanes) is 1. The fraction of sp³-hybridized carbons (Fsp3) is 0.900. The summed E-state index contributed by atoms with van der Waals surface area (Å²) in [4.78, 5) is 26.7. The van der Waals surface area contributed by atoms with E-state index in [0.717, 1.165) is 51.4 Å². The van der Waals surface area contributed by atoms with Crippen LogP contribution in [0.25, 0.3) is 0 Å². The number of carboxylic acid groups (broad SMARTS) is 1. The number of hydrogen-bond donors (Lipinski definition) is 1. The Bertz CT molecular complexity index is 398. The summed E-state index contributed by atoms with van der Waals surface area (Å²) >= 11 is 0. The highest BCUT2D eigenvalue weighted by Gasteiger charge is 2.37. The van der Waals surface area contributed by atoms with E-state index < -0.39 is 12.0 Å². The molecule has 4 nitrogen and oxygen atoms in total. The van der Waals surface area contributed by atoms with Crippen molar-refractivity contribution >= 4 is 11.9 Å². The van der Waals surface area contributed by atoms with Crippen molar-refractivity contribution in [2.24, 2.45) is 11.8 Å². The van der Waals surface area contributed by atoms with Crippen LogP contribution >= 0.6 is 0 Å². The van der Waals surface area contributed by atoms with Gasteiger partial charge in [-0.15, -0.1) is 0 Å². The molecule has 2 fully saturated rings. The maximum Gasteiger partial charge on any atom is 0.326 e. The molecule has 0 aromatic rings. The van der Waals surface area contributed by atoms with Crippen molar-refractivity contribution in [3.8, 4) is 0 Å². The van der Waals surface area contributed by atoms with E-state index in [1.165, 1.54) is 25.7 Å². The predicted molar refractivity (Wildman–Crippen MR) is 95.8 cm³/mol. The van der Waals surface area contributed by atoms with E-state index >= 15 is 0 Å². The monoisotopic (exact) mass is 337 g/mol. The third-order valence-corrected chi connectivity index (χ3v) is 5.95. The number of nitrogens with zero attached hydrogens (tertiary/aromatic N) is 1. The van der Waals surface area contributed by atoms with E-state index in [1.807, 2.05) is 0 Å². The smallest absolute Gasteiger partial charge is 0.326 e. The lowest BCUT2D eigenvalue weighted by Gasteiger charge is -2.37. The Labute approximate surface area is 147 Å². The van der Waals surface area contributed by atoms with Crippen LogP contribution in [-0.4, -0.2) is 34.5 Å². The lowest BCUT2D eigenvalue weighted by atomic mass is 9.82. The summed E-state index contributed by atoms with van der Waals surface area (Å²) in [7, 11) is 0. The number of carbonyl (C=O) groups is 2. The molecule has 2 rings (SSSR count). The largest absolute Gasteiger partial charge is 0.480 e. The molecule has 2 saturated carbocycles. The Morgan fingerprint density at radius 2 is 1.58 bits per heavy atom. The third kappa shape index (κ3) is 5.49. The van der Waals surface area contributed by atoms with Gasteiger partial charge in [-0.1, -0.05) is 51.9 Å². The second-order valence-corrected chi connectivity index (χ2v) is 7.83. The lowest BCUT2D eigenvalue weighted by Crippen LogP contribution is -2.50. The van der Waals surface area contributed by atoms with Crippen molar-refractivity contribution in [1.29, 1.82) is 0 Å². The molecule has 2 aliphatic carbocycles. The molecule has 0 aromatic carbocycles. The zero-order chi connectivity index (χ0) is 17.4. The Balaban J connectivity index is 2.07. The molecule has 1 atom stereocenters. The summed E-state index contributed by atoms with van der Waals surface area (Å²) in [5.41, 5.74) is 0. The predicted octanol–water partition coefficient (Wildman–Crippen LogP) is 4.62. The number of hydrogen-bond acceptors (Lipinski definition) is 2. The minimum absolute atomic E-state index is 0.0910. The number of carbonyl (C=O) groups excluding carboxylic acids is 1. The van der Waals surface area contributed by atoms with Gasteiger partial charge in [-0.25, -0.2) is 4.79 Å². The first-order valence-electron chi connectivity index (χ1n) is 10.2. The molecule has 1 N–H and O–H groups in total. The van der Waals surface area contributed by atoms with Gasteiger partial charge >= 0.3 is 5.97 Å². The maximum absolute atomic E-state index is 13.0. The topological polar surface area (TPSA) is 57.6 Å². The molecule has 0 bridgehead atoms. The molecule has 0 aromatic heterocycles. The van der Waals surface area contributed by atoms with Gasteiger partial charge in [-0.3, -0.25) is 4.79 Å².